The maximum atomic E-state index is 12.9. The molecule has 0 atom stereocenters. The molecular formula is C22H30N2O4. The Labute approximate surface area is 167 Å². The van der Waals surface area contributed by atoms with Gasteiger partial charge in [0.2, 0.25) is 5.91 Å². The average molecular weight is 386 g/mol. The van der Waals surface area contributed by atoms with Crippen molar-refractivity contribution in [1.82, 2.24) is 9.80 Å². The smallest absolute Gasteiger partial charge is 0.254 e. The first-order valence-electron chi connectivity index (χ1n) is 10.1. The summed E-state index contributed by atoms with van der Waals surface area (Å²) in [6.07, 6.45) is 9.51. The van der Waals surface area contributed by atoms with Crippen LogP contribution >= 0.6 is 0 Å². The zero-order valence-corrected chi connectivity index (χ0v) is 16.9. The largest absolute Gasteiger partial charge is 0.493 e. The molecule has 6 heteroatoms. The Bertz CT molecular complexity index is 725. The predicted octanol–water partition coefficient (Wildman–Crippen LogP) is 3.12. The second kappa shape index (κ2) is 9.62. The van der Waals surface area contributed by atoms with Crippen LogP contribution in [-0.4, -0.2) is 62.0 Å². The Morgan fingerprint density at radius 3 is 2.32 bits per heavy atom. The van der Waals surface area contributed by atoms with Crippen LogP contribution in [0.4, 0.5) is 0 Å². The molecule has 1 saturated heterocycles. The number of nitrogens with zero attached hydrogens (tertiary/aromatic N) is 2. The predicted molar refractivity (Wildman–Crippen MR) is 108 cm³/mol. The fraction of sp³-hybridized carbons (Fsp3) is 0.545. The molecule has 0 N–H and O–H groups in total. The zero-order chi connectivity index (χ0) is 19.9. The Balaban J connectivity index is 1.59. The van der Waals surface area contributed by atoms with E-state index >= 15 is 0 Å². The van der Waals surface area contributed by atoms with Crippen LogP contribution in [0.1, 0.15) is 42.5 Å². The second-order valence-electron chi connectivity index (χ2n) is 7.44. The monoisotopic (exact) mass is 386 g/mol. The number of methoxy groups -OCH3 is 2. The summed E-state index contributed by atoms with van der Waals surface area (Å²) < 4.78 is 10.5. The normalized spacial score (nSPS) is 18.4. The van der Waals surface area contributed by atoms with Gasteiger partial charge in [-0.25, -0.2) is 0 Å². The summed E-state index contributed by atoms with van der Waals surface area (Å²) in [6, 6.07) is 5.20. The first kappa shape index (κ1) is 20.2. The fourth-order valence-electron chi connectivity index (χ4n) is 3.97. The van der Waals surface area contributed by atoms with Gasteiger partial charge >= 0.3 is 0 Å². The van der Waals surface area contributed by atoms with Crippen LogP contribution in [0, 0.1) is 5.92 Å². The van der Waals surface area contributed by atoms with Crippen molar-refractivity contribution in [2.24, 2.45) is 5.92 Å². The maximum Gasteiger partial charge on any atom is 0.254 e. The number of hydrogen-bond acceptors (Lipinski definition) is 4. The highest BCUT2D eigenvalue weighted by Crippen LogP contribution is 2.28. The Hall–Kier alpha value is -2.50. The summed E-state index contributed by atoms with van der Waals surface area (Å²) in [6.45, 7) is 2.43. The van der Waals surface area contributed by atoms with Crippen molar-refractivity contribution in [1.29, 1.82) is 0 Å². The molecule has 1 heterocycles. The zero-order valence-electron chi connectivity index (χ0n) is 16.9. The summed E-state index contributed by atoms with van der Waals surface area (Å²) in [4.78, 5) is 29.1. The van der Waals surface area contributed by atoms with Gasteiger partial charge in [-0.15, -0.1) is 0 Å². The van der Waals surface area contributed by atoms with Gasteiger partial charge in [0.05, 0.1) is 14.2 Å². The minimum atomic E-state index is -0.0447. The van der Waals surface area contributed by atoms with Crippen molar-refractivity contribution in [3.63, 3.8) is 0 Å². The first-order valence-corrected chi connectivity index (χ1v) is 10.1. The Kier molecular flexibility index (Phi) is 6.95. The van der Waals surface area contributed by atoms with E-state index in [9.17, 15) is 9.59 Å². The van der Waals surface area contributed by atoms with E-state index in [-0.39, 0.29) is 11.8 Å². The third-order valence-electron chi connectivity index (χ3n) is 5.64. The lowest BCUT2D eigenvalue weighted by Gasteiger charge is -2.22. The van der Waals surface area contributed by atoms with Crippen LogP contribution in [0.3, 0.4) is 0 Å². The number of ether oxygens (including phenoxy) is 2. The van der Waals surface area contributed by atoms with Crippen molar-refractivity contribution < 1.29 is 19.1 Å². The minimum Gasteiger partial charge on any atom is -0.493 e. The van der Waals surface area contributed by atoms with E-state index in [1.165, 1.54) is 25.7 Å². The fourth-order valence-corrected chi connectivity index (χ4v) is 3.97. The lowest BCUT2D eigenvalue weighted by Crippen LogP contribution is -2.36. The molecule has 1 aromatic rings. The SMILES string of the molecule is COc1ccc(C(=O)N2CCCN(C(=O)/C=C/C3CCCC3)CC2)cc1OC. The standard InChI is InChI=1S/C22H30N2O4/c1-27-19-10-9-18(16-20(19)28-2)22(26)24-13-5-12-23(14-15-24)21(25)11-8-17-6-3-4-7-17/h8-11,16-17H,3-7,12-15H2,1-2H3/b11-8+. The third kappa shape index (κ3) is 4.86. The Morgan fingerprint density at radius 2 is 1.61 bits per heavy atom. The molecule has 0 unspecified atom stereocenters. The van der Waals surface area contributed by atoms with Crippen LogP contribution in [0.25, 0.3) is 0 Å². The highest BCUT2D eigenvalue weighted by molar-refractivity contribution is 5.95. The molecule has 3 rings (SSSR count). The molecule has 1 saturated carbocycles. The number of allylic oxidation sites excluding steroid dienone is 1. The third-order valence-corrected chi connectivity index (χ3v) is 5.64. The molecule has 2 amide bonds. The number of hydrogen-bond donors (Lipinski definition) is 0. The minimum absolute atomic E-state index is 0.0447. The first-order chi connectivity index (χ1) is 13.6. The van der Waals surface area contributed by atoms with E-state index in [2.05, 4.69) is 6.08 Å². The summed E-state index contributed by atoms with van der Waals surface area (Å²) in [5.74, 6) is 1.71. The molecule has 152 valence electrons. The molecule has 28 heavy (non-hydrogen) atoms. The summed E-state index contributed by atoms with van der Waals surface area (Å²) in [5.41, 5.74) is 0.568. The van der Waals surface area contributed by atoms with Crippen LogP contribution < -0.4 is 9.47 Å². The van der Waals surface area contributed by atoms with Gasteiger partial charge in [-0.1, -0.05) is 18.9 Å². The molecule has 0 aromatic heterocycles. The van der Waals surface area contributed by atoms with Crippen LogP contribution in [-0.2, 0) is 4.79 Å². The lowest BCUT2D eigenvalue weighted by molar-refractivity contribution is -0.125. The van der Waals surface area contributed by atoms with E-state index in [4.69, 9.17) is 9.47 Å². The van der Waals surface area contributed by atoms with E-state index in [0.717, 1.165) is 6.42 Å². The highest BCUT2D eigenvalue weighted by atomic mass is 16.5. The summed E-state index contributed by atoms with van der Waals surface area (Å²) in [5, 5.41) is 0. The number of carbonyl (C=O) groups is 2. The van der Waals surface area contributed by atoms with E-state index in [1.807, 2.05) is 9.80 Å². The van der Waals surface area contributed by atoms with Gasteiger partial charge in [0.25, 0.3) is 5.91 Å². The van der Waals surface area contributed by atoms with E-state index in [1.54, 1.807) is 38.5 Å². The van der Waals surface area contributed by atoms with Gasteiger partial charge in [-0.2, -0.15) is 0 Å². The van der Waals surface area contributed by atoms with Gasteiger partial charge in [-0.3, -0.25) is 9.59 Å². The second-order valence-corrected chi connectivity index (χ2v) is 7.44. The van der Waals surface area contributed by atoms with Crippen molar-refractivity contribution in [2.45, 2.75) is 32.1 Å². The molecule has 1 aromatic carbocycles. The van der Waals surface area contributed by atoms with Gasteiger partial charge < -0.3 is 19.3 Å². The number of amides is 2. The van der Waals surface area contributed by atoms with E-state index < -0.39 is 0 Å². The molecule has 1 aliphatic carbocycles. The quantitative estimate of drug-likeness (QED) is 0.730. The maximum absolute atomic E-state index is 12.9. The van der Waals surface area contributed by atoms with Crippen molar-refractivity contribution >= 4 is 11.8 Å². The van der Waals surface area contributed by atoms with Gasteiger partial charge in [0.1, 0.15) is 0 Å². The molecule has 1 aliphatic heterocycles. The molecule has 0 bridgehead atoms. The topological polar surface area (TPSA) is 59.1 Å². The van der Waals surface area contributed by atoms with Crippen molar-refractivity contribution in [2.75, 3.05) is 40.4 Å². The molecule has 0 radical (unpaired) electrons. The van der Waals surface area contributed by atoms with Gasteiger partial charge in [-0.05, 0) is 49.5 Å². The molecule has 0 spiro atoms. The number of benzene rings is 1. The lowest BCUT2D eigenvalue weighted by atomic mass is 10.1. The molecule has 2 fully saturated rings. The summed E-state index contributed by atoms with van der Waals surface area (Å²) in [7, 11) is 3.13. The molecular weight excluding hydrogens is 356 g/mol. The van der Waals surface area contributed by atoms with Crippen molar-refractivity contribution in [3.8, 4) is 11.5 Å². The highest BCUT2D eigenvalue weighted by Gasteiger charge is 2.23. The van der Waals surface area contributed by atoms with Crippen LogP contribution in [0.15, 0.2) is 30.4 Å². The number of carbonyl (C=O) groups excluding carboxylic acids is 2. The molecule has 6 nitrogen and oxygen atoms in total. The Morgan fingerprint density at radius 1 is 0.929 bits per heavy atom. The summed E-state index contributed by atoms with van der Waals surface area (Å²) >= 11 is 0. The van der Waals surface area contributed by atoms with E-state index in [0.29, 0.717) is 49.2 Å². The van der Waals surface area contributed by atoms with Gasteiger partial charge in [0, 0.05) is 31.7 Å². The van der Waals surface area contributed by atoms with Crippen molar-refractivity contribution in [3.05, 3.63) is 35.9 Å². The average Bonchev–Trinajstić information content (AvgIpc) is 3.13. The van der Waals surface area contributed by atoms with Gasteiger partial charge in [0.15, 0.2) is 11.5 Å². The van der Waals surface area contributed by atoms with Crippen LogP contribution in [0.5, 0.6) is 11.5 Å². The molecule has 2 aliphatic rings. The van der Waals surface area contributed by atoms with Crippen LogP contribution in [0.2, 0.25) is 0 Å². The number of rotatable bonds is 5.